The summed E-state index contributed by atoms with van der Waals surface area (Å²) in [5.41, 5.74) is 4.48. The van der Waals surface area contributed by atoms with E-state index in [0.29, 0.717) is 6.42 Å². The Balaban J connectivity index is 2.95. The van der Waals surface area contributed by atoms with Crippen LogP contribution in [0.3, 0.4) is 0 Å². The number of hydrogen-bond donors (Lipinski definition) is 3. The maximum atomic E-state index is 12.0. The van der Waals surface area contributed by atoms with Crippen LogP contribution in [0.5, 0.6) is 0 Å². The lowest BCUT2D eigenvalue weighted by molar-refractivity contribution is -0.141. The molecule has 4 N–H and O–H groups in total. The Morgan fingerprint density at radius 3 is 2.53 bits per heavy atom. The van der Waals surface area contributed by atoms with Crippen LogP contribution in [0.2, 0.25) is 0 Å². The number of nitrogens with two attached hydrogens (primary N) is 1. The maximum Gasteiger partial charge on any atom is 0.320 e. The summed E-state index contributed by atoms with van der Waals surface area (Å²) < 4.78 is 0. The topological polar surface area (TPSA) is 101 Å². The zero-order chi connectivity index (χ0) is 13.1. The van der Waals surface area contributed by atoms with Crippen molar-refractivity contribution in [3.8, 4) is 0 Å². The van der Waals surface area contributed by atoms with Crippen LogP contribution in [0, 0.1) is 5.41 Å². The number of carbonyl (C=O) groups is 2. The molecule has 1 unspecified atom stereocenters. The van der Waals surface area contributed by atoms with Crippen LogP contribution >= 0.6 is 0 Å². The number of carboxylic acids is 1. The summed E-state index contributed by atoms with van der Waals surface area (Å²) in [5.74, 6) is -1.54. The Kier molecular flexibility index (Phi) is 4.20. The third kappa shape index (κ3) is 3.01. The van der Waals surface area contributed by atoms with E-state index in [1.807, 2.05) is 0 Å². The standard InChI is InChI=1S/C12H17NO4/c1-8(14)10(15)12(5-3-2-4-6-12)7-9(13)11(16)17/h2-5,8-9,14H,6-7,13H2,1H3,(H,16,17)/t8-,9-,12?/m0/s1. The molecular formula is C12H17NO4. The minimum Gasteiger partial charge on any atom is -0.480 e. The molecule has 17 heavy (non-hydrogen) atoms. The molecule has 0 aromatic rings. The zero-order valence-electron chi connectivity index (χ0n) is 9.67. The molecule has 1 aliphatic carbocycles. The number of aliphatic hydroxyl groups excluding tert-OH is 1. The van der Waals surface area contributed by atoms with Gasteiger partial charge in [0.15, 0.2) is 5.78 Å². The molecule has 1 rings (SSSR count). The Bertz CT molecular complexity index is 373. The molecule has 0 heterocycles. The fourth-order valence-electron chi connectivity index (χ4n) is 2.00. The van der Waals surface area contributed by atoms with Crippen LogP contribution in [0.4, 0.5) is 0 Å². The highest BCUT2D eigenvalue weighted by atomic mass is 16.4. The van der Waals surface area contributed by atoms with Gasteiger partial charge in [0.25, 0.3) is 0 Å². The Labute approximate surface area is 99.6 Å². The predicted octanol–water partition coefficient (Wildman–Crippen LogP) is 0.241. The second-order valence-corrected chi connectivity index (χ2v) is 4.34. The van der Waals surface area contributed by atoms with Crippen molar-refractivity contribution in [3.05, 3.63) is 24.3 Å². The van der Waals surface area contributed by atoms with E-state index in [-0.39, 0.29) is 6.42 Å². The van der Waals surface area contributed by atoms with Gasteiger partial charge in [-0.2, -0.15) is 0 Å². The lowest BCUT2D eigenvalue weighted by atomic mass is 9.72. The van der Waals surface area contributed by atoms with E-state index < -0.39 is 29.3 Å². The van der Waals surface area contributed by atoms with Gasteiger partial charge in [-0.15, -0.1) is 0 Å². The van der Waals surface area contributed by atoms with Crippen molar-refractivity contribution in [1.29, 1.82) is 0 Å². The fraction of sp³-hybridized carbons (Fsp3) is 0.500. The summed E-state index contributed by atoms with van der Waals surface area (Å²) >= 11 is 0. The summed E-state index contributed by atoms with van der Waals surface area (Å²) in [5, 5.41) is 18.2. The highest BCUT2D eigenvalue weighted by Crippen LogP contribution is 2.35. The van der Waals surface area contributed by atoms with E-state index >= 15 is 0 Å². The largest absolute Gasteiger partial charge is 0.480 e. The number of carboxylic acid groups (broad SMARTS) is 1. The van der Waals surface area contributed by atoms with Gasteiger partial charge in [0, 0.05) is 0 Å². The summed E-state index contributed by atoms with van der Waals surface area (Å²) in [7, 11) is 0. The van der Waals surface area contributed by atoms with Crippen molar-refractivity contribution in [2.24, 2.45) is 11.1 Å². The van der Waals surface area contributed by atoms with Crippen LogP contribution in [0.1, 0.15) is 19.8 Å². The molecule has 5 heteroatoms. The summed E-state index contributed by atoms with van der Waals surface area (Å²) in [4.78, 5) is 22.8. The van der Waals surface area contributed by atoms with Crippen molar-refractivity contribution in [2.75, 3.05) is 0 Å². The van der Waals surface area contributed by atoms with Crippen LogP contribution in [0.15, 0.2) is 24.3 Å². The predicted molar refractivity (Wildman–Crippen MR) is 62.2 cm³/mol. The molecule has 1 aliphatic rings. The molecule has 0 saturated carbocycles. The molecule has 0 spiro atoms. The van der Waals surface area contributed by atoms with Gasteiger partial charge in [-0.25, -0.2) is 0 Å². The molecule has 5 nitrogen and oxygen atoms in total. The molecular weight excluding hydrogens is 222 g/mol. The number of allylic oxidation sites excluding steroid dienone is 4. The Hall–Kier alpha value is -1.46. The number of Topliss-reactive ketones (excluding diaryl/α,β-unsaturated/α-hetero) is 1. The van der Waals surface area contributed by atoms with Crippen molar-refractivity contribution in [1.82, 2.24) is 0 Å². The number of aliphatic hydroxyl groups is 1. The second kappa shape index (κ2) is 5.25. The van der Waals surface area contributed by atoms with E-state index in [1.165, 1.54) is 6.92 Å². The van der Waals surface area contributed by atoms with Crippen LogP contribution in [0.25, 0.3) is 0 Å². The molecule has 0 radical (unpaired) electrons. The molecule has 0 aromatic carbocycles. The molecule has 0 bridgehead atoms. The van der Waals surface area contributed by atoms with Crippen LogP contribution in [-0.2, 0) is 9.59 Å². The number of ketones is 1. The average Bonchev–Trinajstić information content (AvgIpc) is 2.28. The van der Waals surface area contributed by atoms with Crippen molar-refractivity contribution >= 4 is 11.8 Å². The van der Waals surface area contributed by atoms with Crippen molar-refractivity contribution < 1.29 is 19.8 Å². The zero-order valence-corrected chi connectivity index (χ0v) is 9.67. The first-order chi connectivity index (χ1) is 7.89. The molecule has 0 amide bonds. The van der Waals surface area contributed by atoms with Gasteiger partial charge >= 0.3 is 5.97 Å². The first-order valence-electron chi connectivity index (χ1n) is 5.44. The lowest BCUT2D eigenvalue weighted by Gasteiger charge is -2.32. The molecule has 0 aliphatic heterocycles. The number of carbonyl (C=O) groups excluding carboxylic acids is 1. The van der Waals surface area contributed by atoms with Gasteiger partial charge in [0.05, 0.1) is 5.41 Å². The number of hydrogen-bond acceptors (Lipinski definition) is 4. The maximum absolute atomic E-state index is 12.0. The molecule has 3 atom stereocenters. The third-order valence-corrected chi connectivity index (χ3v) is 2.92. The number of aliphatic carboxylic acids is 1. The minimum atomic E-state index is -1.15. The van der Waals surface area contributed by atoms with E-state index in [4.69, 9.17) is 10.8 Å². The first-order valence-corrected chi connectivity index (χ1v) is 5.44. The quantitative estimate of drug-likeness (QED) is 0.638. The van der Waals surface area contributed by atoms with E-state index in [1.54, 1.807) is 24.3 Å². The van der Waals surface area contributed by atoms with Crippen molar-refractivity contribution in [2.45, 2.75) is 31.9 Å². The average molecular weight is 239 g/mol. The summed E-state index contributed by atoms with van der Waals surface area (Å²) in [6.07, 6.45) is 6.09. The van der Waals surface area contributed by atoms with Gasteiger partial charge < -0.3 is 15.9 Å². The molecule has 0 saturated heterocycles. The normalized spacial score (nSPS) is 26.5. The van der Waals surface area contributed by atoms with Gasteiger partial charge in [0.1, 0.15) is 12.1 Å². The van der Waals surface area contributed by atoms with Crippen molar-refractivity contribution in [3.63, 3.8) is 0 Å². The van der Waals surface area contributed by atoms with Gasteiger partial charge in [-0.05, 0) is 19.8 Å². The SMILES string of the molecule is C[C@H](O)C(=O)C1(C[C@H](N)C(=O)O)C=CC=CC1. The van der Waals surface area contributed by atoms with Crippen LogP contribution in [-0.4, -0.2) is 34.1 Å². The van der Waals surface area contributed by atoms with E-state index in [9.17, 15) is 14.7 Å². The lowest BCUT2D eigenvalue weighted by Crippen LogP contribution is -2.44. The minimum absolute atomic E-state index is 0.00704. The monoisotopic (exact) mass is 239 g/mol. The first kappa shape index (κ1) is 13.6. The molecule has 0 fully saturated rings. The second-order valence-electron chi connectivity index (χ2n) is 4.34. The van der Waals surface area contributed by atoms with Crippen LogP contribution < -0.4 is 5.73 Å². The highest BCUT2D eigenvalue weighted by Gasteiger charge is 2.40. The number of rotatable bonds is 5. The van der Waals surface area contributed by atoms with Gasteiger partial charge in [-0.1, -0.05) is 24.3 Å². The molecule has 94 valence electrons. The summed E-state index contributed by atoms with van der Waals surface area (Å²) in [6.45, 7) is 1.38. The third-order valence-electron chi connectivity index (χ3n) is 2.92. The Morgan fingerprint density at radius 1 is 1.47 bits per heavy atom. The Morgan fingerprint density at radius 2 is 2.12 bits per heavy atom. The smallest absolute Gasteiger partial charge is 0.320 e. The van der Waals surface area contributed by atoms with E-state index in [0.717, 1.165) is 0 Å². The van der Waals surface area contributed by atoms with Gasteiger partial charge in [0.2, 0.25) is 0 Å². The van der Waals surface area contributed by atoms with Gasteiger partial charge in [-0.3, -0.25) is 9.59 Å². The highest BCUT2D eigenvalue weighted by molar-refractivity contribution is 5.91. The summed E-state index contributed by atoms with van der Waals surface area (Å²) in [6, 6.07) is -1.12. The van der Waals surface area contributed by atoms with E-state index in [2.05, 4.69) is 0 Å². The molecule has 0 aromatic heterocycles. The fourth-order valence-corrected chi connectivity index (χ4v) is 2.00.